The van der Waals surface area contributed by atoms with Crippen molar-refractivity contribution < 1.29 is 9.90 Å². The number of aromatic nitrogens is 2. The molecule has 0 bridgehead atoms. The molecule has 0 aliphatic rings. The van der Waals surface area contributed by atoms with Gasteiger partial charge in [0.05, 0.1) is 6.61 Å². The Balaban J connectivity index is 2.72. The largest absolute Gasteiger partial charge is 0.396 e. The van der Waals surface area contributed by atoms with Crippen molar-refractivity contribution in [2.24, 2.45) is 5.41 Å². The first-order valence-electron chi connectivity index (χ1n) is 6.92. The molecule has 5 nitrogen and oxygen atoms in total. The first-order chi connectivity index (χ1) is 8.99. The van der Waals surface area contributed by atoms with Gasteiger partial charge in [-0.05, 0) is 32.8 Å². The molecule has 108 valence electrons. The Kier molecular flexibility index (Phi) is 5.54. The molecule has 0 aliphatic carbocycles. The Morgan fingerprint density at radius 3 is 2.58 bits per heavy atom. The van der Waals surface area contributed by atoms with Crippen LogP contribution in [0.3, 0.4) is 0 Å². The molecular formula is C14H25N3O2. The number of amides is 1. The standard InChI is InChI=1S/C14H25N3O2/c1-5-14(6-2,10-18)9-15-13(19)12-7-8-16-17(12)11(3)4/h7-8,11,18H,5-6,9-10H2,1-4H3,(H,15,19). The minimum absolute atomic E-state index is 0.0870. The smallest absolute Gasteiger partial charge is 0.269 e. The maximum Gasteiger partial charge on any atom is 0.269 e. The van der Waals surface area contributed by atoms with Crippen LogP contribution in [0.2, 0.25) is 0 Å². The quantitative estimate of drug-likeness (QED) is 0.794. The van der Waals surface area contributed by atoms with Crippen molar-refractivity contribution in [3.8, 4) is 0 Å². The second kappa shape index (κ2) is 6.70. The van der Waals surface area contributed by atoms with E-state index in [1.807, 2.05) is 27.7 Å². The summed E-state index contributed by atoms with van der Waals surface area (Å²) in [5.74, 6) is -0.133. The first kappa shape index (κ1) is 15.7. The van der Waals surface area contributed by atoms with Crippen molar-refractivity contribution in [3.05, 3.63) is 18.0 Å². The molecule has 5 heteroatoms. The molecule has 0 fully saturated rings. The number of carbonyl (C=O) groups is 1. The zero-order chi connectivity index (χ0) is 14.5. The molecule has 0 unspecified atom stereocenters. The number of hydrogen-bond donors (Lipinski definition) is 2. The van der Waals surface area contributed by atoms with Gasteiger partial charge in [-0.2, -0.15) is 5.10 Å². The van der Waals surface area contributed by atoms with E-state index in [0.29, 0.717) is 12.2 Å². The predicted molar refractivity (Wildman–Crippen MR) is 75.0 cm³/mol. The Bertz CT molecular complexity index is 400. The van der Waals surface area contributed by atoms with Crippen molar-refractivity contribution in [1.82, 2.24) is 15.1 Å². The van der Waals surface area contributed by atoms with E-state index in [0.717, 1.165) is 12.8 Å². The predicted octanol–water partition coefficient (Wildman–Crippen LogP) is 1.99. The molecular weight excluding hydrogens is 242 g/mol. The Labute approximate surface area is 115 Å². The summed E-state index contributed by atoms with van der Waals surface area (Å²) >= 11 is 0. The molecule has 1 aromatic rings. The van der Waals surface area contributed by atoms with Gasteiger partial charge in [-0.1, -0.05) is 13.8 Å². The van der Waals surface area contributed by atoms with E-state index in [1.165, 1.54) is 0 Å². The summed E-state index contributed by atoms with van der Waals surface area (Å²) in [6.07, 6.45) is 3.31. The highest BCUT2D eigenvalue weighted by molar-refractivity contribution is 5.92. The molecule has 0 aromatic carbocycles. The molecule has 0 saturated heterocycles. The van der Waals surface area contributed by atoms with E-state index in [4.69, 9.17) is 0 Å². The minimum Gasteiger partial charge on any atom is -0.396 e. The van der Waals surface area contributed by atoms with E-state index in [1.54, 1.807) is 16.9 Å². The minimum atomic E-state index is -0.224. The summed E-state index contributed by atoms with van der Waals surface area (Å²) in [6, 6.07) is 1.86. The molecule has 0 aliphatic heterocycles. The van der Waals surface area contributed by atoms with Crippen molar-refractivity contribution in [2.75, 3.05) is 13.2 Å². The highest BCUT2D eigenvalue weighted by Gasteiger charge is 2.26. The van der Waals surface area contributed by atoms with Gasteiger partial charge in [-0.25, -0.2) is 0 Å². The van der Waals surface area contributed by atoms with Gasteiger partial charge in [0.2, 0.25) is 0 Å². The number of nitrogens with one attached hydrogen (secondary N) is 1. The van der Waals surface area contributed by atoms with Crippen molar-refractivity contribution in [3.63, 3.8) is 0 Å². The van der Waals surface area contributed by atoms with Crippen LogP contribution in [0.4, 0.5) is 0 Å². The number of aliphatic hydroxyl groups is 1. The second-order valence-electron chi connectivity index (χ2n) is 5.30. The fourth-order valence-corrected chi connectivity index (χ4v) is 2.04. The monoisotopic (exact) mass is 267 g/mol. The zero-order valence-corrected chi connectivity index (χ0v) is 12.3. The molecule has 0 radical (unpaired) electrons. The summed E-state index contributed by atoms with van der Waals surface area (Å²) in [4.78, 5) is 12.2. The third kappa shape index (κ3) is 3.56. The molecule has 0 spiro atoms. The van der Waals surface area contributed by atoms with E-state index in [2.05, 4.69) is 10.4 Å². The van der Waals surface area contributed by atoms with Crippen LogP contribution in [0, 0.1) is 5.41 Å². The van der Waals surface area contributed by atoms with Crippen molar-refractivity contribution in [1.29, 1.82) is 0 Å². The average Bonchev–Trinajstić information content (AvgIpc) is 2.90. The molecule has 1 rings (SSSR count). The molecule has 2 N–H and O–H groups in total. The summed E-state index contributed by atoms with van der Waals surface area (Å²) in [6.45, 7) is 8.61. The van der Waals surface area contributed by atoms with Crippen LogP contribution < -0.4 is 5.32 Å². The first-order valence-corrected chi connectivity index (χ1v) is 6.92. The molecule has 0 saturated carbocycles. The van der Waals surface area contributed by atoms with Crippen molar-refractivity contribution >= 4 is 5.91 Å². The number of aliphatic hydroxyl groups excluding tert-OH is 1. The normalized spacial score (nSPS) is 11.9. The van der Waals surface area contributed by atoms with Gasteiger partial charge < -0.3 is 10.4 Å². The lowest BCUT2D eigenvalue weighted by molar-refractivity contribution is 0.0840. The number of hydrogen-bond acceptors (Lipinski definition) is 3. The van der Waals surface area contributed by atoms with Crippen LogP contribution in [-0.4, -0.2) is 33.9 Å². The average molecular weight is 267 g/mol. The maximum atomic E-state index is 12.2. The summed E-state index contributed by atoms with van der Waals surface area (Å²) in [5, 5.41) is 16.6. The summed E-state index contributed by atoms with van der Waals surface area (Å²) in [7, 11) is 0. The van der Waals surface area contributed by atoms with Gasteiger partial charge in [0.25, 0.3) is 5.91 Å². The van der Waals surface area contributed by atoms with Crippen LogP contribution in [0.5, 0.6) is 0 Å². The number of carbonyl (C=O) groups excluding carboxylic acids is 1. The SMILES string of the molecule is CCC(CC)(CO)CNC(=O)c1ccnn1C(C)C. The van der Waals surface area contributed by atoms with E-state index in [-0.39, 0.29) is 24.0 Å². The fourth-order valence-electron chi connectivity index (χ4n) is 2.04. The third-order valence-electron chi connectivity index (χ3n) is 3.85. The highest BCUT2D eigenvalue weighted by atomic mass is 16.3. The van der Waals surface area contributed by atoms with Gasteiger partial charge in [0.1, 0.15) is 5.69 Å². The van der Waals surface area contributed by atoms with Crippen LogP contribution in [0.1, 0.15) is 57.1 Å². The molecule has 1 amide bonds. The molecule has 1 heterocycles. The highest BCUT2D eigenvalue weighted by Crippen LogP contribution is 2.24. The van der Waals surface area contributed by atoms with Gasteiger partial charge in [0.15, 0.2) is 0 Å². The summed E-state index contributed by atoms with van der Waals surface area (Å²) < 4.78 is 1.70. The van der Waals surface area contributed by atoms with Crippen molar-refractivity contribution in [2.45, 2.75) is 46.6 Å². The van der Waals surface area contributed by atoms with E-state index >= 15 is 0 Å². The topological polar surface area (TPSA) is 67.2 Å². The maximum absolute atomic E-state index is 12.2. The van der Waals surface area contributed by atoms with Gasteiger partial charge in [-0.3, -0.25) is 9.48 Å². The second-order valence-corrected chi connectivity index (χ2v) is 5.30. The Morgan fingerprint density at radius 1 is 1.47 bits per heavy atom. The van der Waals surface area contributed by atoms with Crippen LogP contribution in [-0.2, 0) is 0 Å². The Morgan fingerprint density at radius 2 is 2.11 bits per heavy atom. The van der Waals surface area contributed by atoms with E-state index in [9.17, 15) is 9.90 Å². The van der Waals surface area contributed by atoms with Crippen LogP contribution in [0.15, 0.2) is 12.3 Å². The lowest BCUT2D eigenvalue weighted by Crippen LogP contribution is -2.40. The number of nitrogens with zero attached hydrogens (tertiary/aromatic N) is 2. The molecule has 19 heavy (non-hydrogen) atoms. The summed E-state index contributed by atoms with van der Waals surface area (Å²) in [5.41, 5.74) is 0.340. The zero-order valence-electron chi connectivity index (χ0n) is 12.3. The lowest BCUT2D eigenvalue weighted by Gasteiger charge is -2.29. The lowest BCUT2D eigenvalue weighted by atomic mass is 9.83. The molecule has 1 aromatic heterocycles. The third-order valence-corrected chi connectivity index (χ3v) is 3.85. The Hall–Kier alpha value is -1.36. The van der Waals surface area contributed by atoms with Gasteiger partial charge in [-0.15, -0.1) is 0 Å². The number of rotatable bonds is 7. The van der Waals surface area contributed by atoms with Gasteiger partial charge in [0, 0.05) is 24.2 Å². The van der Waals surface area contributed by atoms with Crippen LogP contribution in [0.25, 0.3) is 0 Å². The molecule has 0 atom stereocenters. The van der Waals surface area contributed by atoms with Crippen LogP contribution >= 0.6 is 0 Å². The fraction of sp³-hybridized carbons (Fsp3) is 0.714. The van der Waals surface area contributed by atoms with E-state index < -0.39 is 0 Å². The van der Waals surface area contributed by atoms with Gasteiger partial charge >= 0.3 is 0 Å².